The Hall–Kier alpha value is -0.553. The van der Waals surface area contributed by atoms with Crippen molar-refractivity contribution >= 4 is 16.5 Å². The van der Waals surface area contributed by atoms with Crippen molar-refractivity contribution in [3.63, 3.8) is 0 Å². The number of carbonyl (C=O) groups is 1. The van der Waals surface area contributed by atoms with E-state index in [1.807, 2.05) is 0 Å². The molecule has 0 aliphatic carbocycles. The number of hydrogen-bond donors (Lipinski definition) is 2. The molecule has 50 valence electrons. The Labute approximate surface area is 51.8 Å². The summed E-state index contributed by atoms with van der Waals surface area (Å²) in [4.78, 5) is 8.78. The molecule has 1 amide bonds. The summed E-state index contributed by atoms with van der Waals surface area (Å²) < 4.78 is 2.14. The Kier molecular flexibility index (Phi) is 8.41. The van der Waals surface area contributed by atoms with Gasteiger partial charge in [-0.3, -0.25) is 0 Å². The Balaban J connectivity index is 0. The normalized spacial score (nSPS) is 7.88. The minimum Gasteiger partial charge on any atom is -0.465 e. The van der Waals surface area contributed by atoms with Crippen LogP contribution < -0.4 is 5.73 Å². The molecule has 8 heavy (non-hydrogen) atoms. The molecule has 0 aliphatic rings. The Morgan fingerprint density at radius 1 is 1.75 bits per heavy atom. The molecule has 3 N–H and O–H groups in total. The van der Waals surface area contributed by atoms with Crippen molar-refractivity contribution in [2.45, 2.75) is 0 Å². The van der Waals surface area contributed by atoms with Crippen LogP contribution in [0.4, 0.5) is 4.79 Å². The summed E-state index contributed by atoms with van der Waals surface area (Å²) >= 11 is 0. The minimum atomic E-state index is -1.33. The number of primary amides is 1. The van der Waals surface area contributed by atoms with E-state index in [2.05, 4.69) is 24.4 Å². The van der Waals surface area contributed by atoms with E-state index in [1.165, 1.54) is 10.4 Å². The van der Waals surface area contributed by atoms with Gasteiger partial charge in [-0.15, -0.1) is 0 Å². The number of carboxylic acid groups (broad SMARTS) is 1. The minimum absolute atomic E-state index is 1.18. The molecule has 0 radical (unpaired) electrons. The molecule has 0 saturated heterocycles. The first-order valence-electron chi connectivity index (χ1n) is 2.06. The largest absolute Gasteiger partial charge is 0.465 e. The maximum atomic E-state index is 8.78. The topological polar surface area (TPSA) is 66.6 Å². The third kappa shape index (κ3) is 352. The fraction of sp³-hybridized carbons (Fsp3) is 0.667. The standard InChI is InChI=1S/C2H9NSi.CH3NO2/c1-3(2)4;2-1(3)4/h1-2,4H3;2H2,(H,3,4). The SMILES string of the molecule is CN(C)[SiH3].NC(=O)O. The number of nitrogens with two attached hydrogens (primary N) is 1. The average molecular weight is 136 g/mol. The van der Waals surface area contributed by atoms with Gasteiger partial charge in [0.05, 0.1) is 10.4 Å². The van der Waals surface area contributed by atoms with E-state index in [4.69, 9.17) is 9.90 Å². The van der Waals surface area contributed by atoms with Crippen LogP contribution in [0.5, 0.6) is 0 Å². The van der Waals surface area contributed by atoms with Gasteiger partial charge in [0.2, 0.25) is 0 Å². The van der Waals surface area contributed by atoms with Crippen molar-refractivity contribution in [1.29, 1.82) is 0 Å². The highest BCUT2D eigenvalue weighted by atomic mass is 28.2. The molecule has 0 bridgehead atoms. The zero-order valence-electron chi connectivity index (χ0n) is 5.38. The van der Waals surface area contributed by atoms with Crippen LogP contribution in [0, 0.1) is 0 Å². The molecule has 0 fully saturated rings. The summed E-state index contributed by atoms with van der Waals surface area (Å²) in [7, 11) is 5.31. The number of amides is 1. The van der Waals surface area contributed by atoms with Gasteiger partial charge in [0.15, 0.2) is 0 Å². The van der Waals surface area contributed by atoms with Crippen molar-refractivity contribution in [3.8, 4) is 0 Å². The smallest absolute Gasteiger partial charge is 0.402 e. The average Bonchev–Trinajstić information content (AvgIpc) is 1.25. The molecule has 0 atom stereocenters. The second-order valence-electron chi connectivity index (χ2n) is 1.68. The van der Waals surface area contributed by atoms with Gasteiger partial charge < -0.3 is 15.4 Å². The van der Waals surface area contributed by atoms with E-state index < -0.39 is 6.09 Å². The Morgan fingerprint density at radius 3 is 1.75 bits per heavy atom. The van der Waals surface area contributed by atoms with Crippen LogP contribution in [0.1, 0.15) is 0 Å². The maximum absolute atomic E-state index is 8.78. The highest BCUT2D eigenvalue weighted by molar-refractivity contribution is 6.03. The Bertz CT molecular complexity index is 59.5. The highest BCUT2D eigenvalue weighted by Gasteiger charge is 1.65. The van der Waals surface area contributed by atoms with Gasteiger partial charge in [0.25, 0.3) is 0 Å². The molecule has 0 aromatic carbocycles. The first-order valence-corrected chi connectivity index (χ1v) is 2.95. The predicted octanol–water partition coefficient (Wildman–Crippen LogP) is -1.55. The molecule has 0 saturated carbocycles. The van der Waals surface area contributed by atoms with Crippen LogP contribution in [0.3, 0.4) is 0 Å². The summed E-state index contributed by atoms with van der Waals surface area (Å²) in [6.45, 7) is 0. The van der Waals surface area contributed by atoms with Crippen LogP contribution >= 0.6 is 0 Å². The second-order valence-corrected chi connectivity index (χ2v) is 3.47. The highest BCUT2D eigenvalue weighted by Crippen LogP contribution is 1.44. The van der Waals surface area contributed by atoms with Gasteiger partial charge in [-0.25, -0.2) is 4.79 Å². The maximum Gasteiger partial charge on any atom is 0.402 e. The van der Waals surface area contributed by atoms with Crippen LogP contribution in [0.25, 0.3) is 0 Å². The van der Waals surface area contributed by atoms with E-state index >= 15 is 0 Å². The molecular formula is C3H12N2O2Si. The van der Waals surface area contributed by atoms with Crippen molar-refractivity contribution in [3.05, 3.63) is 0 Å². The Morgan fingerprint density at radius 2 is 1.75 bits per heavy atom. The lowest BCUT2D eigenvalue weighted by Crippen LogP contribution is -2.03. The van der Waals surface area contributed by atoms with Gasteiger partial charge in [0.1, 0.15) is 0 Å². The number of nitrogens with zero attached hydrogens (tertiary/aromatic N) is 1. The number of rotatable bonds is 0. The van der Waals surface area contributed by atoms with E-state index in [-0.39, 0.29) is 0 Å². The molecule has 0 aromatic heterocycles. The third-order valence-electron chi connectivity index (χ3n) is 0. The van der Waals surface area contributed by atoms with Crippen LogP contribution in [-0.4, -0.2) is 40.3 Å². The van der Waals surface area contributed by atoms with Crippen molar-refractivity contribution in [1.82, 2.24) is 4.57 Å². The molecule has 0 aliphatic heterocycles. The molecule has 0 aromatic rings. The summed E-state index contributed by atoms with van der Waals surface area (Å²) in [5.74, 6) is 0. The van der Waals surface area contributed by atoms with E-state index in [0.717, 1.165) is 0 Å². The van der Waals surface area contributed by atoms with Crippen molar-refractivity contribution in [2.24, 2.45) is 5.73 Å². The molecule has 4 nitrogen and oxygen atoms in total. The quantitative estimate of drug-likeness (QED) is 0.396. The molecular weight excluding hydrogens is 124 g/mol. The first kappa shape index (κ1) is 10.4. The van der Waals surface area contributed by atoms with Crippen molar-refractivity contribution in [2.75, 3.05) is 14.1 Å². The number of hydrogen-bond acceptors (Lipinski definition) is 2. The van der Waals surface area contributed by atoms with Gasteiger partial charge in [-0.1, -0.05) is 0 Å². The van der Waals surface area contributed by atoms with Gasteiger partial charge in [0, 0.05) is 0 Å². The zero-order valence-corrected chi connectivity index (χ0v) is 7.38. The first-order chi connectivity index (χ1) is 3.46. The summed E-state index contributed by atoms with van der Waals surface area (Å²) in [5.41, 5.74) is 4.03. The van der Waals surface area contributed by atoms with Gasteiger partial charge in [-0.05, 0) is 14.1 Å². The van der Waals surface area contributed by atoms with Crippen LogP contribution in [0.2, 0.25) is 0 Å². The van der Waals surface area contributed by atoms with E-state index in [0.29, 0.717) is 0 Å². The van der Waals surface area contributed by atoms with Crippen LogP contribution in [0.15, 0.2) is 0 Å². The predicted molar refractivity (Wildman–Crippen MR) is 35.8 cm³/mol. The molecule has 0 unspecified atom stereocenters. The summed E-state index contributed by atoms with van der Waals surface area (Å²) in [6, 6.07) is 0. The van der Waals surface area contributed by atoms with Crippen LogP contribution in [-0.2, 0) is 0 Å². The fourth-order valence-corrected chi connectivity index (χ4v) is 0. The second kappa shape index (κ2) is 6.45. The van der Waals surface area contributed by atoms with E-state index in [1.54, 1.807) is 0 Å². The lowest BCUT2D eigenvalue weighted by atomic mass is 11.3. The molecule has 0 heterocycles. The van der Waals surface area contributed by atoms with Gasteiger partial charge >= 0.3 is 6.09 Å². The monoisotopic (exact) mass is 136 g/mol. The third-order valence-corrected chi connectivity index (χ3v) is 0. The summed E-state index contributed by atoms with van der Waals surface area (Å²) in [6.07, 6.45) is -1.33. The molecule has 0 rings (SSSR count). The fourth-order valence-electron chi connectivity index (χ4n) is 0. The zero-order chi connectivity index (χ0) is 7.15. The molecule has 5 heteroatoms. The van der Waals surface area contributed by atoms with Gasteiger partial charge in [-0.2, -0.15) is 0 Å². The van der Waals surface area contributed by atoms with E-state index in [9.17, 15) is 0 Å². The summed E-state index contributed by atoms with van der Waals surface area (Å²) in [5, 5.41) is 7.19. The lowest BCUT2D eigenvalue weighted by molar-refractivity contribution is 0.205. The molecule has 0 spiro atoms. The lowest BCUT2D eigenvalue weighted by Gasteiger charge is -1.90. The van der Waals surface area contributed by atoms with Crippen molar-refractivity contribution < 1.29 is 9.90 Å².